The summed E-state index contributed by atoms with van der Waals surface area (Å²) in [4.78, 5) is 8.07. The third kappa shape index (κ3) is 5.74. The minimum absolute atomic E-state index is 0.566. The Labute approximate surface area is 96.1 Å². The second kappa shape index (κ2) is 6.80. The normalized spacial score (nSPS) is 13.1. The maximum atomic E-state index is 4.18. The molecule has 0 spiro atoms. The molecule has 84 valence electrons. The lowest BCUT2D eigenvalue weighted by Crippen LogP contribution is -2.28. The molecule has 0 fully saturated rings. The van der Waals surface area contributed by atoms with E-state index in [1.807, 2.05) is 6.07 Å². The summed E-state index contributed by atoms with van der Waals surface area (Å²) < 4.78 is 0. The molecule has 1 rings (SSSR count). The molecule has 1 unspecified atom stereocenters. The molecule has 0 saturated heterocycles. The van der Waals surface area contributed by atoms with Crippen LogP contribution in [0.3, 0.4) is 0 Å². The van der Waals surface area contributed by atoms with E-state index in [1.165, 1.54) is 0 Å². The summed E-state index contributed by atoms with van der Waals surface area (Å²) in [6, 6.07) is 2.52. The lowest BCUT2D eigenvalue weighted by molar-refractivity contribution is 0.510. The zero-order valence-corrected chi connectivity index (χ0v) is 10.4. The predicted octanol–water partition coefficient (Wildman–Crippen LogP) is 2.20. The van der Waals surface area contributed by atoms with Crippen molar-refractivity contribution in [3.05, 3.63) is 18.6 Å². The van der Waals surface area contributed by atoms with Crippen molar-refractivity contribution in [2.45, 2.75) is 31.8 Å². The fourth-order valence-electron chi connectivity index (χ4n) is 1.09. The molecule has 0 aliphatic carbocycles. The molecule has 0 aromatic carbocycles. The molecule has 0 aliphatic rings. The minimum Gasteiger partial charge on any atom is -0.314 e. The van der Waals surface area contributed by atoms with E-state index in [-0.39, 0.29) is 0 Å². The number of hydrogen-bond donors (Lipinski definition) is 1. The molecule has 15 heavy (non-hydrogen) atoms. The lowest BCUT2D eigenvalue weighted by atomic mass is 10.2. The van der Waals surface area contributed by atoms with Gasteiger partial charge in [0.15, 0.2) is 0 Å². The van der Waals surface area contributed by atoms with Crippen LogP contribution in [0.2, 0.25) is 0 Å². The van der Waals surface area contributed by atoms with Crippen molar-refractivity contribution in [2.75, 3.05) is 12.3 Å². The van der Waals surface area contributed by atoms with Crippen LogP contribution in [-0.4, -0.2) is 28.3 Å². The van der Waals surface area contributed by atoms with Crippen molar-refractivity contribution in [1.29, 1.82) is 0 Å². The van der Waals surface area contributed by atoms with Crippen molar-refractivity contribution in [2.24, 2.45) is 5.92 Å². The van der Waals surface area contributed by atoms with Crippen LogP contribution in [0.4, 0.5) is 0 Å². The van der Waals surface area contributed by atoms with E-state index >= 15 is 0 Å². The van der Waals surface area contributed by atoms with Gasteiger partial charge in [-0.15, -0.1) is 11.8 Å². The Kier molecular flexibility index (Phi) is 5.65. The van der Waals surface area contributed by atoms with Crippen molar-refractivity contribution in [1.82, 2.24) is 15.3 Å². The fourth-order valence-corrected chi connectivity index (χ4v) is 1.94. The number of nitrogens with zero attached hydrogens (tertiary/aromatic N) is 2. The summed E-state index contributed by atoms with van der Waals surface area (Å²) >= 11 is 1.79. The standard InChI is InChI=1S/C11H19N3S/c1-9(2)13-6-10(3)7-15-11-4-5-12-8-14-11/h4-5,8-10,13H,6-7H2,1-3H3. The number of nitrogens with one attached hydrogen (secondary N) is 1. The number of hydrogen-bond acceptors (Lipinski definition) is 4. The van der Waals surface area contributed by atoms with Crippen LogP contribution in [0.5, 0.6) is 0 Å². The Morgan fingerprint density at radius 2 is 2.20 bits per heavy atom. The monoisotopic (exact) mass is 225 g/mol. The van der Waals surface area contributed by atoms with Gasteiger partial charge in [0.1, 0.15) is 6.33 Å². The molecule has 1 heterocycles. The SMILES string of the molecule is CC(CNC(C)C)CSc1ccncn1. The highest BCUT2D eigenvalue weighted by molar-refractivity contribution is 7.99. The van der Waals surface area contributed by atoms with Gasteiger partial charge >= 0.3 is 0 Å². The van der Waals surface area contributed by atoms with Gasteiger partial charge in [-0.25, -0.2) is 9.97 Å². The molecule has 4 heteroatoms. The van der Waals surface area contributed by atoms with Gasteiger partial charge in [-0.1, -0.05) is 20.8 Å². The van der Waals surface area contributed by atoms with Crippen LogP contribution in [0.1, 0.15) is 20.8 Å². The zero-order valence-electron chi connectivity index (χ0n) is 9.60. The third-order valence-corrected chi connectivity index (χ3v) is 3.22. The van der Waals surface area contributed by atoms with Crippen LogP contribution in [0.25, 0.3) is 0 Å². The average molecular weight is 225 g/mol. The minimum atomic E-state index is 0.566. The number of aromatic nitrogens is 2. The first-order chi connectivity index (χ1) is 7.18. The summed E-state index contributed by atoms with van der Waals surface area (Å²) in [6.07, 6.45) is 3.38. The smallest absolute Gasteiger partial charge is 0.116 e. The highest BCUT2D eigenvalue weighted by Gasteiger charge is 2.04. The largest absolute Gasteiger partial charge is 0.314 e. The Bertz CT molecular complexity index is 264. The number of rotatable bonds is 6. The molecule has 1 aromatic rings. The predicted molar refractivity (Wildman–Crippen MR) is 65.1 cm³/mol. The zero-order chi connectivity index (χ0) is 11.1. The van der Waals surface area contributed by atoms with Gasteiger partial charge in [-0.3, -0.25) is 0 Å². The molecule has 1 atom stereocenters. The molecule has 0 saturated carbocycles. The van der Waals surface area contributed by atoms with E-state index in [0.717, 1.165) is 17.3 Å². The summed E-state index contributed by atoms with van der Waals surface area (Å²) in [7, 11) is 0. The molecule has 0 bridgehead atoms. The van der Waals surface area contributed by atoms with Crippen LogP contribution in [-0.2, 0) is 0 Å². The van der Waals surface area contributed by atoms with Crippen LogP contribution in [0, 0.1) is 5.92 Å². The molecule has 0 aliphatic heterocycles. The average Bonchev–Trinajstić information content (AvgIpc) is 2.25. The Balaban J connectivity index is 2.19. The van der Waals surface area contributed by atoms with Gasteiger partial charge in [-0.05, 0) is 18.5 Å². The Hall–Kier alpha value is -0.610. The van der Waals surface area contributed by atoms with E-state index in [0.29, 0.717) is 12.0 Å². The summed E-state index contributed by atoms with van der Waals surface area (Å²) in [6.45, 7) is 7.66. The van der Waals surface area contributed by atoms with Crippen molar-refractivity contribution >= 4 is 11.8 Å². The number of thioether (sulfide) groups is 1. The van der Waals surface area contributed by atoms with Crippen LogP contribution in [0.15, 0.2) is 23.6 Å². The third-order valence-electron chi connectivity index (χ3n) is 1.95. The van der Waals surface area contributed by atoms with Crippen molar-refractivity contribution in [3.63, 3.8) is 0 Å². The van der Waals surface area contributed by atoms with Crippen molar-refractivity contribution in [3.8, 4) is 0 Å². The fraction of sp³-hybridized carbons (Fsp3) is 0.636. The molecule has 1 N–H and O–H groups in total. The van der Waals surface area contributed by atoms with E-state index in [4.69, 9.17) is 0 Å². The molecule has 0 radical (unpaired) electrons. The first-order valence-electron chi connectivity index (χ1n) is 5.30. The molecular weight excluding hydrogens is 206 g/mol. The summed E-state index contributed by atoms with van der Waals surface area (Å²) in [5.74, 6) is 1.75. The highest BCUT2D eigenvalue weighted by atomic mass is 32.2. The molecule has 1 aromatic heterocycles. The topological polar surface area (TPSA) is 37.8 Å². The Morgan fingerprint density at radius 1 is 1.40 bits per heavy atom. The van der Waals surface area contributed by atoms with E-state index in [9.17, 15) is 0 Å². The van der Waals surface area contributed by atoms with Crippen LogP contribution < -0.4 is 5.32 Å². The maximum absolute atomic E-state index is 4.18. The van der Waals surface area contributed by atoms with Gasteiger partial charge in [-0.2, -0.15) is 0 Å². The summed E-state index contributed by atoms with van der Waals surface area (Å²) in [5, 5.41) is 4.49. The first-order valence-corrected chi connectivity index (χ1v) is 6.29. The molecular formula is C11H19N3S. The lowest BCUT2D eigenvalue weighted by Gasteiger charge is -2.13. The van der Waals surface area contributed by atoms with Crippen LogP contribution >= 0.6 is 11.8 Å². The second-order valence-electron chi connectivity index (χ2n) is 4.03. The van der Waals surface area contributed by atoms with E-state index in [2.05, 4.69) is 36.1 Å². The first kappa shape index (κ1) is 12.5. The van der Waals surface area contributed by atoms with E-state index < -0.39 is 0 Å². The van der Waals surface area contributed by atoms with Crippen molar-refractivity contribution < 1.29 is 0 Å². The van der Waals surface area contributed by atoms with Gasteiger partial charge in [0, 0.05) is 18.0 Å². The van der Waals surface area contributed by atoms with E-state index in [1.54, 1.807) is 24.3 Å². The van der Waals surface area contributed by atoms with Gasteiger partial charge < -0.3 is 5.32 Å². The molecule has 0 amide bonds. The Morgan fingerprint density at radius 3 is 2.80 bits per heavy atom. The maximum Gasteiger partial charge on any atom is 0.116 e. The quantitative estimate of drug-likeness (QED) is 0.595. The van der Waals surface area contributed by atoms with Gasteiger partial charge in [0.2, 0.25) is 0 Å². The highest BCUT2D eigenvalue weighted by Crippen LogP contribution is 2.16. The van der Waals surface area contributed by atoms with Gasteiger partial charge in [0.25, 0.3) is 0 Å². The molecule has 3 nitrogen and oxygen atoms in total. The van der Waals surface area contributed by atoms with Gasteiger partial charge in [0.05, 0.1) is 5.03 Å². The second-order valence-corrected chi connectivity index (χ2v) is 5.07. The summed E-state index contributed by atoms with van der Waals surface area (Å²) in [5.41, 5.74) is 0.